The number of nitrogens with one attached hydrogen (secondary N) is 1. The summed E-state index contributed by atoms with van der Waals surface area (Å²) in [7, 11) is 0. The predicted octanol–water partition coefficient (Wildman–Crippen LogP) is 2.84. The Bertz CT molecular complexity index is 267. The summed E-state index contributed by atoms with van der Waals surface area (Å²) in [5.74, 6) is -0.891. The van der Waals surface area contributed by atoms with E-state index in [2.05, 4.69) is 5.32 Å². The van der Waals surface area contributed by atoms with Crippen LogP contribution in [0.2, 0.25) is 0 Å². The molecule has 0 heterocycles. The zero-order valence-electron chi connectivity index (χ0n) is 8.87. The maximum absolute atomic E-state index is 10.4. The van der Waals surface area contributed by atoms with Gasteiger partial charge in [0.15, 0.2) is 0 Å². The van der Waals surface area contributed by atoms with Crippen molar-refractivity contribution in [2.24, 2.45) is 0 Å². The molecular formula is C11H17NO2. The summed E-state index contributed by atoms with van der Waals surface area (Å²) in [4.78, 5) is 10.4. The van der Waals surface area contributed by atoms with Crippen LogP contribution >= 0.6 is 0 Å². The highest BCUT2D eigenvalue weighted by Crippen LogP contribution is 2.08. The van der Waals surface area contributed by atoms with Crippen molar-refractivity contribution in [3.63, 3.8) is 0 Å². The molecular weight excluding hydrogens is 178 g/mol. The monoisotopic (exact) mass is 195 g/mol. The third-order valence-corrected chi connectivity index (χ3v) is 1.51. The zero-order valence-corrected chi connectivity index (χ0v) is 8.87. The molecule has 0 atom stereocenters. The van der Waals surface area contributed by atoms with E-state index in [-0.39, 0.29) is 0 Å². The van der Waals surface area contributed by atoms with Crippen LogP contribution in [-0.4, -0.2) is 17.6 Å². The fraction of sp³-hybridized carbons (Fsp3) is 0.364. The summed E-state index contributed by atoms with van der Waals surface area (Å²) >= 11 is 0. The number of benzene rings is 1. The Morgan fingerprint density at radius 3 is 2.14 bits per heavy atom. The molecule has 0 aliphatic rings. The smallest absolute Gasteiger partial charge is 0.335 e. The van der Waals surface area contributed by atoms with Gasteiger partial charge in [0, 0.05) is 12.2 Å². The van der Waals surface area contributed by atoms with Crippen molar-refractivity contribution in [2.45, 2.75) is 20.8 Å². The average molecular weight is 195 g/mol. The Morgan fingerprint density at radius 1 is 1.29 bits per heavy atom. The third kappa shape index (κ3) is 3.94. The summed E-state index contributed by atoms with van der Waals surface area (Å²) in [5.41, 5.74) is 1.26. The van der Waals surface area contributed by atoms with Crippen LogP contribution in [0.5, 0.6) is 0 Å². The molecule has 0 bridgehead atoms. The average Bonchev–Trinajstić information content (AvgIpc) is 2.22. The van der Waals surface area contributed by atoms with Crippen molar-refractivity contribution in [3.05, 3.63) is 29.8 Å². The van der Waals surface area contributed by atoms with Gasteiger partial charge < -0.3 is 10.4 Å². The Kier molecular flexibility index (Phi) is 6.20. The second kappa shape index (κ2) is 6.95. The predicted molar refractivity (Wildman–Crippen MR) is 58.9 cm³/mol. The van der Waals surface area contributed by atoms with Gasteiger partial charge in [0.25, 0.3) is 0 Å². The van der Waals surface area contributed by atoms with Gasteiger partial charge >= 0.3 is 5.97 Å². The molecule has 0 spiro atoms. The van der Waals surface area contributed by atoms with Crippen molar-refractivity contribution >= 4 is 11.7 Å². The van der Waals surface area contributed by atoms with Gasteiger partial charge in [-0.25, -0.2) is 4.79 Å². The molecule has 0 radical (unpaired) electrons. The quantitative estimate of drug-likeness (QED) is 0.779. The van der Waals surface area contributed by atoms with E-state index in [0.29, 0.717) is 5.56 Å². The van der Waals surface area contributed by atoms with E-state index < -0.39 is 5.97 Å². The van der Waals surface area contributed by atoms with Crippen LogP contribution in [0.15, 0.2) is 24.3 Å². The minimum atomic E-state index is -0.891. The van der Waals surface area contributed by atoms with Crippen LogP contribution in [0, 0.1) is 0 Å². The molecule has 14 heavy (non-hydrogen) atoms. The first-order valence-electron chi connectivity index (χ1n) is 4.81. The lowest BCUT2D eigenvalue weighted by molar-refractivity contribution is 0.0697. The van der Waals surface area contributed by atoms with Gasteiger partial charge in [0.05, 0.1) is 5.56 Å². The molecule has 3 nitrogen and oxygen atoms in total. The van der Waals surface area contributed by atoms with Crippen LogP contribution in [0.25, 0.3) is 0 Å². The molecule has 0 fully saturated rings. The SMILES string of the molecule is CC.CCNc1ccc(C(=O)O)cc1. The van der Waals surface area contributed by atoms with Crippen molar-refractivity contribution in [1.82, 2.24) is 0 Å². The highest BCUT2D eigenvalue weighted by atomic mass is 16.4. The summed E-state index contributed by atoms with van der Waals surface area (Å²) in [6.07, 6.45) is 0. The molecule has 78 valence electrons. The summed E-state index contributed by atoms with van der Waals surface area (Å²) in [6.45, 7) is 6.83. The lowest BCUT2D eigenvalue weighted by atomic mass is 10.2. The van der Waals surface area contributed by atoms with E-state index in [9.17, 15) is 4.79 Å². The standard InChI is InChI=1S/C9H11NO2.C2H6/c1-2-10-8-5-3-7(4-6-8)9(11)12;1-2/h3-6,10H,2H2,1H3,(H,11,12);1-2H3. The summed E-state index contributed by atoms with van der Waals surface area (Å²) < 4.78 is 0. The summed E-state index contributed by atoms with van der Waals surface area (Å²) in [5, 5.41) is 11.7. The summed E-state index contributed by atoms with van der Waals surface area (Å²) in [6, 6.07) is 6.68. The Balaban J connectivity index is 0.000000791. The lowest BCUT2D eigenvalue weighted by Crippen LogP contribution is -1.98. The van der Waals surface area contributed by atoms with Crippen molar-refractivity contribution in [2.75, 3.05) is 11.9 Å². The second-order valence-corrected chi connectivity index (χ2v) is 2.41. The van der Waals surface area contributed by atoms with Gasteiger partial charge in [-0.3, -0.25) is 0 Å². The molecule has 1 rings (SSSR count). The number of hydrogen-bond donors (Lipinski definition) is 2. The van der Waals surface area contributed by atoms with Crippen molar-refractivity contribution in [3.8, 4) is 0 Å². The molecule has 0 saturated heterocycles. The van der Waals surface area contributed by atoms with Crippen molar-refractivity contribution in [1.29, 1.82) is 0 Å². The van der Waals surface area contributed by atoms with E-state index in [1.54, 1.807) is 24.3 Å². The molecule has 0 aliphatic heterocycles. The van der Waals surface area contributed by atoms with E-state index in [4.69, 9.17) is 5.11 Å². The van der Waals surface area contributed by atoms with Gasteiger partial charge in [-0.2, -0.15) is 0 Å². The molecule has 0 saturated carbocycles. The normalized spacial score (nSPS) is 8.50. The Labute approximate surface area is 84.8 Å². The van der Waals surface area contributed by atoms with E-state index in [1.165, 1.54) is 0 Å². The van der Waals surface area contributed by atoms with Crippen molar-refractivity contribution < 1.29 is 9.90 Å². The highest BCUT2D eigenvalue weighted by molar-refractivity contribution is 5.87. The number of aromatic carboxylic acids is 1. The molecule has 0 amide bonds. The van der Waals surface area contributed by atoms with Crippen LogP contribution < -0.4 is 5.32 Å². The molecule has 2 N–H and O–H groups in total. The van der Waals surface area contributed by atoms with E-state index in [0.717, 1.165) is 12.2 Å². The first-order valence-corrected chi connectivity index (χ1v) is 4.81. The molecule has 0 unspecified atom stereocenters. The van der Waals surface area contributed by atoms with Gasteiger partial charge in [0.1, 0.15) is 0 Å². The zero-order chi connectivity index (χ0) is 11.0. The number of hydrogen-bond acceptors (Lipinski definition) is 2. The van der Waals surface area contributed by atoms with Gasteiger partial charge in [0.2, 0.25) is 0 Å². The largest absolute Gasteiger partial charge is 0.478 e. The number of anilines is 1. The fourth-order valence-electron chi connectivity index (χ4n) is 0.935. The highest BCUT2D eigenvalue weighted by Gasteiger charge is 1.99. The lowest BCUT2D eigenvalue weighted by Gasteiger charge is -2.01. The number of carboxylic acid groups (broad SMARTS) is 1. The van der Waals surface area contributed by atoms with Gasteiger partial charge in [-0.05, 0) is 31.2 Å². The van der Waals surface area contributed by atoms with Gasteiger partial charge in [-0.1, -0.05) is 13.8 Å². The first kappa shape index (κ1) is 12.5. The number of carboxylic acids is 1. The van der Waals surface area contributed by atoms with E-state index in [1.807, 2.05) is 20.8 Å². The fourth-order valence-corrected chi connectivity index (χ4v) is 0.935. The third-order valence-electron chi connectivity index (χ3n) is 1.51. The second-order valence-electron chi connectivity index (χ2n) is 2.41. The van der Waals surface area contributed by atoms with Crippen LogP contribution in [-0.2, 0) is 0 Å². The minimum absolute atomic E-state index is 0.316. The Morgan fingerprint density at radius 2 is 1.79 bits per heavy atom. The van der Waals surface area contributed by atoms with Gasteiger partial charge in [-0.15, -0.1) is 0 Å². The Hall–Kier alpha value is -1.51. The topological polar surface area (TPSA) is 49.3 Å². The molecule has 0 aromatic heterocycles. The first-order chi connectivity index (χ1) is 6.74. The number of carbonyl (C=O) groups is 1. The maximum atomic E-state index is 10.4. The molecule has 1 aromatic rings. The van der Waals surface area contributed by atoms with Crippen LogP contribution in [0.1, 0.15) is 31.1 Å². The van der Waals surface area contributed by atoms with E-state index >= 15 is 0 Å². The van der Waals surface area contributed by atoms with Crippen LogP contribution in [0.3, 0.4) is 0 Å². The molecule has 0 aliphatic carbocycles. The maximum Gasteiger partial charge on any atom is 0.335 e. The minimum Gasteiger partial charge on any atom is -0.478 e. The molecule has 1 aromatic carbocycles. The van der Waals surface area contributed by atoms with Crippen LogP contribution in [0.4, 0.5) is 5.69 Å². The molecule has 3 heteroatoms. The number of rotatable bonds is 3.